The van der Waals surface area contributed by atoms with Crippen LogP contribution < -0.4 is 0 Å². The molecule has 0 radical (unpaired) electrons. The lowest BCUT2D eigenvalue weighted by Gasteiger charge is -1.99. The molecule has 0 aliphatic carbocycles. The second kappa shape index (κ2) is 3.98. The fourth-order valence-corrected chi connectivity index (χ4v) is 2.22. The van der Waals surface area contributed by atoms with Crippen LogP contribution in [0.3, 0.4) is 0 Å². The summed E-state index contributed by atoms with van der Waals surface area (Å²) in [6.07, 6.45) is 6.40. The predicted octanol–water partition coefficient (Wildman–Crippen LogP) is 0.851. The van der Waals surface area contributed by atoms with Gasteiger partial charge in [-0.15, -0.1) is 5.10 Å². The van der Waals surface area contributed by atoms with E-state index in [0.29, 0.717) is 21.4 Å². The maximum absolute atomic E-state index is 12.4. The molecule has 90 valence electrons. The lowest BCUT2D eigenvalue weighted by molar-refractivity contribution is 0.103. The molecule has 3 heterocycles. The van der Waals surface area contributed by atoms with E-state index in [2.05, 4.69) is 36.3 Å². The highest BCUT2D eigenvalue weighted by atomic mass is 79.9. The zero-order valence-electron chi connectivity index (χ0n) is 9.28. The van der Waals surface area contributed by atoms with Crippen LogP contribution in [-0.4, -0.2) is 35.4 Å². The Bertz CT molecular complexity index is 726. The van der Waals surface area contributed by atoms with Gasteiger partial charge in [-0.3, -0.25) is 9.78 Å². The van der Waals surface area contributed by atoms with Crippen LogP contribution in [0.2, 0.25) is 0 Å². The first-order valence-electron chi connectivity index (χ1n) is 5.05. The Morgan fingerprint density at radius 2 is 2.22 bits per heavy atom. The third-order valence-corrected chi connectivity index (χ3v) is 3.10. The molecule has 0 amide bonds. The molecule has 0 bridgehead atoms. The van der Waals surface area contributed by atoms with E-state index < -0.39 is 0 Å². The number of fused-ring (bicyclic) bond motifs is 1. The molecule has 0 unspecified atom stereocenters. The Kier molecular flexibility index (Phi) is 2.44. The zero-order chi connectivity index (χ0) is 12.7. The molecule has 0 saturated carbocycles. The van der Waals surface area contributed by atoms with Crippen molar-refractivity contribution in [2.75, 3.05) is 0 Å². The molecule has 0 saturated heterocycles. The van der Waals surface area contributed by atoms with Gasteiger partial charge in [-0.25, -0.2) is 9.20 Å². The zero-order valence-corrected chi connectivity index (χ0v) is 10.9. The number of ketones is 1. The molecule has 0 spiro atoms. The first-order chi connectivity index (χ1) is 8.68. The van der Waals surface area contributed by atoms with Crippen LogP contribution in [0, 0.1) is 0 Å². The average molecular weight is 307 g/mol. The molecule has 3 aromatic rings. The Morgan fingerprint density at radius 1 is 1.39 bits per heavy atom. The molecule has 18 heavy (non-hydrogen) atoms. The summed E-state index contributed by atoms with van der Waals surface area (Å²) in [6.45, 7) is 0. The molecule has 8 heteroatoms. The predicted molar refractivity (Wildman–Crippen MR) is 65.1 cm³/mol. The van der Waals surface area contributed by atoms with Crippen LogP contribution in [0.4, 0.5) is 0 Å². The van der Waals surface area contributed by atoms with E-state index in [4.69, 9.17) is 0 Å². The molecule has 0 aliphatic rings. The van der Waals surface area contributed by atoms with Crippen molar-refractivity contribution in [3.8, 4) is 0 Å². The van der Waals surface area contributed by atoms with E-state index in [1.54, 1.807) is 30.2 Å². The van der Waals surface area contributed by atoms with Gasteiger partial charge in [-0.2, -0.15) is 5.10 Å². The van der Waals surface area contributed by atoms with Crippen LogP contribution >= 0.6 is 15.9 Å². The lowest BCUT2D eigenvalue weighted by atomic mass is 10.1. The van der Waals surface area contributed by atoms with Crippen LogP contribution in [0.1, 0.15) is 16.1 Å². The number of aromatic nitrogens is 6. The van der Waals surface area contributed by atoms with Gasteiger partial charge in [0.25, 0.3) is 0 Å². The number of halogens is 1. The van der Waals surface area contributed by atoms with Gasteiger partial charge in [-0.1, -0.05) is 5.21 Å². The van der Waals surface area contributed by atoms with E-state index >= 15 is 0 Å². The normalized spacial score (nSPS) is 11.0. The minimum absolute atomic E-state index is 0.197. The molecule has 0 fully saturated rings. The fraction of sp³-hybridized carbons (Fsp3) is 0.100. The summed E-state index contributed by atoms with van der Waals surface area (Å²) >= 11 is 3.21. The summed E-state index contributed by atoms with van der Waals surface area (Å²) in [5.74, 6) is -0.197. The van der Waals surface area contributed by atoms with Crippen LogP contribution in [0.15, 0.2) is 29.4 Å². The van der Waals surface area contributed by atoms with Crippen molar-refractivity contribution in [1.82, 2.24) is 29.6 Å². The summed E-state index contributed by atoms with van der Waals surface area (Å²) in [7, 11) is 1.66. The molecule has 7 nitrogen and oxygen atoms in total. The SMILES string of the molecule is Cn1nnc(Br)c1C(=O)c1cnn2ccncc12. The average Bonchev–Trinajstić information content (AvgIpc) is 2.93. The van der Waals surface area contributed by atoms with Gasteiger partial charge in [-0.05, 0) is 15.9 Å². The van der Waals surface area contributed by atoms with Gasteiger partial charge in [0.05, 0.1) is 23.5 Å². The van der Waals surface area contributed by atoms with Gasteiger partial charge in [0, 0.05) is 19.4 Å². The van der Waals surface area contributed by atoms with E-state index in [9.17, 15) is 4.79 Å². The fourth-order valence-electron chi connectivity index (χ4n) is 1.71. The molecular weight excluding hydrogens is 300 g/mol. The first-order valence-corrected chi connectivity index (χ1v) is 5.85. The van der Waals surface area contributed by atoms with Gasteiger partial charge in [0.2, 0.25) is 5.78 Å². The molecule has 3 aromatic heterocycles. The van der Waals surface area contributed by atoms with Crippen molar-refractivity contribution >= 4 is 27.2 Å². The minimum Gasteiger partial charge on any atom is -0.287 e. The summed E-state index contributed by atoms with van der Waals surface area (Å²) < 4.78 is 3.43. The van der Waals surface area contributed by atoms with Crippen molar-refractivity contribution in [1.29, 1.82) is 0 Å². The monoisotopic (exact) mass is 306 g/mol. The largest absolute Gasteiger partial charge is 0.287 e. The molecule has 0 aromatic carbocycles. The molecule has 0 aliphatic heterocycles. The minimum atomic E-state index is -0.197. The quantitative estimate of drug-likeness (QED) is 0.656. The number of carbonyl (C=O) groups excluding carboxylic acids is 1. The highest BCUT2D eigenvalue weighted by molar-refractivity contribution is 9.10. The number of nitrogens with zero attached hydrogens (tertiary/aromatic N) is 6. The summed E-state index contributed by atoms with van der Waals surface area (Å²) in [5.41, 5.74) is 1.50. The summed E-state index contributed by atoms with van der Waals surface area (Å²) in [6, 6.07) is 0. The smallest absolute Gasteiger partial charge is 0.217 e. The number of hydrogen-bond acceptors (Lipinski definition) is 5. The van der Waals surface area contributed by atoms with Crippen LogP contribution in [-0.2, 0) is 7.05 Å². The second-order valence-corrected chi connectivity index (χ2v) is 4.40. The summed E-state index contributed by atoms with van der Waals surface area (Å²) in [5, 5.41) is 11.7. The molecule has 0 atom stereocenters. The van der Waals surface area contributed by atoms with Crippen LogP contribution in [0.5, 0.6) is 0 Å². The highest BCUT2D eigenvalue weighted by Crippen LogP contribution is 2.19. The Morgan fingerprint density at radius 3 is 2.94 bits per heavy atom. The van der Waals surface area contributed by atoms with Gasteiger partial charge in [0.15, 0.2) is 4.60 Å². The molecule has 3 rings (SSSR count). The van der Waals surface area contributed by atoms with Gasteiger partial charge < -0.3 is 0 Å². The Labute approximate surface area is 110 Å². The third kappa shape index (κ3) is 1.53. The van der Waals surface area contributed by atoms with Crippen molar-refractivity contribution in [3.05, 3.63) is 40.6 Å². The molecular formula is C10H7BrN6O. The van der Waals surface area contributed by atoms with E-state index in [1.165, 1.54) is 10.9 Å². The number of carbonyl (C=O) groups is 1. The lowest BCUT2D eigenvalue weighted by Crippen LogP contribution is -2.08. The molecule has 0 N–H and O–H groups in total. The highest BCUT2D eigenvalue weighted by Gasteiger charge is 2.21. The Hall–Kier alpha value is -2.09. The van der Waals surface area contributed by atoms with Crippen molar-refractivity contribution in [2.24, 2.45) is 7.05 Å². The number of aryl methyl sites for hydroxylation is 1. The van der Waals surface area contributed by atoms with E-state index in [0.717, 1.165) is 0 Å². The first kappa shape index (κ1) is 11.0. The Balaban J connectivity index is 2.19. The standard InChI is InChI=1S/C10H7BrN6O/c1-16-8(10(11)14-15-16)9(18)6-4-13-17-3-2-12-5-7(6)17/h2-5H,1H3. The van der Waals surface area contributed by atoms with Gasteiger partial charge >= 0.3 is 0 Å². The topological polar surface area (TPSA) is 78.0 Å². The van der Waals surface area contributed by atoms with Gasteiger partial charge in [0.1, 0.15) is 5.69 Å². The van der Waals surface area contributed by atoms with E-state index in [1.807, 2.05) is 0 Å². The number of hydrogen-bond donors (Lipinski definition) is 0. The number of rotatable bonds is 2. The van der Waals surface area contributed by atoms with E-state index in [-0.39, 0.29) is 5.78 Å². The van der Waals surface area contributed by atoms with Crippen molar-refractivity contribution in [2.45, 2.75) is 0 Å². The van der Waals surface area contributed by atoms with Crippen molar-refractivity contribution in [3.63, 3.8) is 0 Å². The maximum atomic E-state index is 12.4. The maximum Gasteiger partial charge on any atom is 0.217 e. The van der Waals surface area contributed by atoms with Crippen molar-refractivity contribution < 1.29 is 4.79 Å². The third-order valence-electron chi connectivity index (χ3n) is 2.57. The second-order valence-electron chi connectivity index (χ2n) is 3.65. The van der Waals surface area contributed by atoms with Crippen LogP contribution in [0.25, 0.3) is 5.52 Å². The summed E-state index contributed by atoms with van der Waals surface area (Å²) in [4.78, 5) is 16.4.